The van der Waals surface area contributed by atoms with E-state index >= 15 is 0 Å². The van der Waals surface area contributed by atoms with E-state index in [2.05, 4.69) is 5.32 Å². The molecular weight excluding hydrogens is 256 g/mol. The Morgan fingerprint density at radius 2 is 2.25 bits per heavy atom. The lowest BCUT2D eigenvalue weighted by Crippen LogP contribution is -2.51. The number of carbonyl (C=O) groups excluding carboxylic acids is 2. The fourth-order valence-electron chi connectivity index (χ4n) is 3.11. The molecule has 1 aromatic rings. The summed E-state index contributed by atoms with van der Waals surface area (Å²) in [6.45, 7) is 3.62. The Balaban J connectivity index is 1.90. The lowest BCUT2D eigenvalue weighted by atomic mass is 9.85. The maximum atomic E-state index is 12.0. The van der Waals surface area contributed by atoms with Crippen LogP contribution in [-0.2, 0) is 10.3 Å². The Kier molecular flexibility index (Phi) is 3.12. The summed E-state index contributed by atoms with van der Waals surface area (Å²) in [6, 6.07) is 7.38. The first-order valence-corrected chi connectivity index (χ1v) is 7.02. The number of nitrogens with one attached hydrogen (secondary N) is 1. The first kappa shape index (κ1) is 13.0. The molecule has 5 nitrogen and oxygen atoms in total. The van der Waals surface area contributed by atoms with Crippen molar-refractivity contribution in [1.29, 1.82) is 0 Å². The predicted octanol–water partition coefficient (Wildman–Crippen LogP) is 1.88. The number of rotatable bonds is 1. The van der Waals surface area contributed by atoms with Crippen LogP contribution in [0.25, 0.3) is 0 Å². The van der Waals surface area contributed by atoms with Crippen LogP contribution >= 0.6 is 0 Å². The number of amides is 2. The highest BCUT2D eigenvalue weighted by Crippen LogP contribution is 2.42. The maximum Gasteiger partial charge on any atom is 0.339 e. The number of urea groups is 1. The zero-order valence-corrected chi connectivity index (χ0v) is 11.5. The molecule has 2 amide bonds. The van der Waals surface area contributed by atoms with Gasteiger partial charge in [-0.25, -0.2) is 9.59 Å². The Bertz CT molecular complexity index is 558. The number of carbonyl (C=O) groups is 2. The van der Waals surface area contributed by atoms with Crippen molar-refractivity contribution < 1.29 is 14.3 Å². The molecule has 0 aliphatic carbocycles. The van der Waals surface area contributed by atoms with Gasteiger partial charge in [0.2, 0.25) is 0 Å². The molecule has 0 bridgehead atoms. The molecule has 1 fully saturated rings. The van der Waals surface area contributed by atoms with Crippen LogP contribution in [0, 0.1) is 0 Å². The highest BCUT2D eigenvalue weighted by Gasteiger charge is 2.48. The fraction of sp³-hybridized carbons (Fsp3) is 0.467. The third-order valence-corrected chi connectivity index (χ3v) is 4.00. The van der Waals surface area contributed by atoms with E-state index in [1.54, 1.807) is 11.0 Å². The third-order valence-electron chi connectivity index (χ3n) is 4.00. The number of nitrogens with zero attached hydrogens (tertiary/aromatic N) is 1. The van der Waals surface area contributed by atoms with E-state index in [-0.39, 0.29) is 12.0 Å². The van der Waals surface area contributed by atoms with Crippen LogP contribution in [0.4, 0.5) is 4.79 Å². The second kappa shape index (κ2) is 4.81. The minimum Gasteiger partial charge on any atom is -0.449 e. The summed E-state index contributed by atoms with van der Waals surface area (Å²) < 4.78 is 5.66. The van der Waals surface area contributed by atoms with Crippen molar-refractivity contribution in [3.63, 3.8) is 0 Å². The van der Waals surface area contributed by atoms with E-state index in [9.17, 15) is 9.59 Å². The fourth-order valence-corrected chi connectivity index (χ4v) is 3.11. The molecular formula is C15H18N2O3. The molecule has 0 radical (unpaired) electrons. The minimum absolute atomic E-state index is 0.0907. The second-order valence-electron chi connectivity index (χ2n) is 5.29. The number of benzene rings is 1. The number of esters is 1. The van der Waals surface area contributed by atoms with Gasteiger partial charge in [0.1, 0.15) is 0 Å². The Morgan fingerprint density at radius 1 is 1.45 bits per heavy atom. The predicted molar refractivity (Wildman–Crippen MR) is 73.4 cm³/mol. The lowest BCUT2D eigenvalue weighted by Gasteiger charge is -2.39. The zero-order valence-electron chi connectivity index (χ0n) is 11.5. The van der Waals surface area contributed by atoms with Gasteiger partial charge in [-0.15, -0.1) is 0 Å². The molecule has 3 rings (SSSR count). The van der Waals surface area contributed by atoms with Gasteiger partial charge in [0.25, 0.3) is 0 Å². The monoisotopic (exact) mass is 274 g/mol. The van der Waals surface area contributed by atoms with Gasteiger partial charge in [-0.1, -0.05) is 18.2 Å². The number of ether oxygens (including phenoxy) is 1. The first-order chi connectivity index (χ1) is 9.66. The standard InChI is InChI=1S/C15H18N2O3/c1-2-16-14(19)17-9-5-8-15(10-17)12-7-4-3-6-11(12)13(18)20-15/h3-4,6-7H,2,5,8-10H2,1H3,(H,16,19)/t15-/m0/s1. The quantitative estimate of drug-likeness (QED) is 0.795. The molecule has 2 heterocycles. The van der Waals surface area contributed by atoms with Crippen LogP contribution < -0.4 is 5.32 Å². The summed E-state index contributed by atoms with van der Waals surface area (Å²) in [5.74, 6) is -0.279. The highest BCUT2D eigenvalue weighted by molar-refractivity contribution is 5.95. The Morgan fingerprint density at radius 3 is 3.05 bits per heavy atom. The normalized spacial score (nSPS) is 24.4. The molecule has 2 aliphatic heterocycles. The van der Waals surface area contributed by atoms with E-state index in [0.717, 1.165) is 18.4 Å². The van der Waals surface area contributed by atoms with Crippen molar-refractivity contribution in [3.05, 3.63) is 35.4 Å². The van der Waals surface area contributed by atoms with Crippen LogP contribution in [0.5, 0.6) is 0 Å². The average Bonchev–Trinajstić information content (AvgIpc) is 2.73. The van der Waals surface area contributed by atoms with Gasteiger partial charge in [-0.3, -0.25) is 0 Å². The van der Waals surface area contributed by atoms with Crippen LogP contribution in [0.3, 0.4) is 0 Å². The molecule has 5 heteroatoms. The number of fused-ring (bicyclic) bond motifs is 2. The van der Waals surface area contributed by atoms with Crippen molar-refractivity contribution in [3.8, 4) is 0 Å². The summed E-state index contributed by atoms with van der Waals surface area (Å²) in [5.41, 5.74) is 0.890. The summed E-state index contributed by atoms with van der Waals surface area (Å²) in [4.78, 5) is 25.7. The lowest BCUT2D eigenvalue weighted by molar-refractivity contribution is -0.0409. The van der Waals surface area contributed by atoms with Crippen LogP contribution in [0.2, 0.25) is 0 Å². The molecule has 0 saturated carbocycles. The SMILES string of the molecule is CCNC(=O)N1CCC[C@@]2(C1)OC(=O)c1ccccc12. The largest absolute Gasteiger partial charge is 0.449 e. The van der Waals surface area contributed by atoms with Crippen molar-refractivity contribution in [1.82, 2.24) is 10.2 Å². The molecule has 0 aromatic heterocycles. The molecule has 2 aliphatic rings. The Labute approximate surface area is 117 Å². The van der Waals surface area contributed by atoms with Crippen LogP contribution in [0.15, 0.2) is 24.3 Å². The van der Waals surface area contributed by atoms with Gasteiger partial charge in [0, 0.05) is 18.7 Å². The number of hydrogen-bond acceptors (Lipinski definition) is 3. The van der Waals surface area contributed by atoms with Gasteiger partial charge in [0.15, 0.2) is 5.60 Å². The van der Waals surface area contributed by atoms with Crippen LogP contribution in [0.1, 0.15) is 35.7 Å². The number of likely N-dealkylation sites (tertiary alicyclic amines) is 1. The van der Waals surface area contributed by atoms with E-state index in [1.807, 2.05) is 25.1 Å². The van der Waals surface area contributed by atoms with E-state index in [1.165, 1.54) is 0 Å². The van der Waals surface area contributed by atoms with E-state index in [4.69, 9.17) is 4.74 Å². The topological polar surface area (TPSA) is 58.6 Å². The van der Waals surface area contributed by atoms with Crippen molar-refractivity contribution in [2.24, 2.45) is 0 Å². The van der Waals surface area contributed by atoms with E-state index < -0.39 is 5.60 Å². The van der Waals surface area contributed by atoms with E-state index in [0.29, 0.717) is 25.2 Å². The van der Waals surface area contributed by atoms with Crippen molar-refractivity contribution >= 4 is 12.0 Å². The smallest absolute Gasteiger partial charge is 0.339 e. The second-order valence-corrected chi connectivity index (χ2v) is 5.29. The molecule has 0 unspecified atom stereocenters. The molecule has 1 N–H and O–H groups in total. The number of hydrogen-bond donors (Lipinski definition) is 1. The Hall–Kier alpha value is -2.04. The molecule has 1 aromatic carbocycles. The summed E-state index contributed by atoms with van der Waals surface area (Å²) >= 11 is 0. The zero-order chi connectivity index (χ0) is 14.2. The van der Waals surface area contributed by atoms with Crippen molar-refractivity contribution in [2.45, 2.75) is 25.4 Å². The molecule has 1 saturated heterocycles. The van der Waals surface area contributed by atoms with Gasteiger partial charge >= 0.3 is 12.0 Å². The van der Waals surface area contributed by atoms with Gasteiger partial charge in [-0.05, 0) is 25.8 Å². The molecule has 20 heavy (non-hydrogen) atoms. The molecule has 1 spiro atoms. The summed E-state index contributed by atoms with van der Waals surface area (Å²) in [7, 11) is 0. The first-order valence-electron chi connectivity index (χ1n) is 7.02. The third kappa shape index (κ3) is 1.94. The summed E-state index contributed by atoms with van der Waals surface area (Å²) in [6.07, 6.45) is 1.60. The maximum absolute atomic E-state index is 12.0. The van der Waals surface area contributed by atoms with Crippen LogP contribution in [-0.4, -0.2) is 36.5 Å². The van der Waals surface area contributed by atoms with Gasteiger partial charge in [0.05, 0.1) is 12.1 Å². The minimum atomic E-state index is -0.656. The van der Waals surface area contributed by atoms with Gasteiger partial charge < -0.3 is 15.0 Å². The molecule has 1 atom stereocenters. The molecule has 106 valence electrons. The van der Waals surface area contributed by atoms with Crippen molar-refractivity contribution in [2.75, 3.05) is 19.6 Å². The highest BCUT2D eigenvalue weighted by atomic mass is 16.6. The summed E-state index contributed by atoms with van der Waals surface area (Å²) in [5, 5.41) is 2.80. The average molecular weight is 274 g/mol. The number of piperidine rings is 1. The van der Waals surface area contributed by atoms with Gasteiger partial charge in [-0.2, -0.15) is 0 Å².